The number of unbranched alkanes of at least 4 members (excludes halogenated alkanes) is 1. The number of carboxylic acids is 2. The smallest absolute Gasteiger partial charge is 0.309 e. The van der Waals surface area contributed by atoms with Gasteiger partial charge >= 0.3 is 11.9 Å². The number of hydrogen-bond donors (Lipinski definition) is 2. The van der Waals surface area contributed by atoms with Crippen LogP contribution in [0.3, 0.4) is 0 Å². The van der Waals surface area contributed by atoms with Gasteiger partial charge in [0.15, 0.2) is 0 Å². The van der Waals surface area contributed by atoms with Gasteiger partial charge in [0.25, 0.3) is 0 Å². The topological polar surface area (TPSA) is 74.6 Å². The fraction of sp³-hybridized carbons (Fsp3) is 0.778. The molecule has 0 aromatic rings. The highest BCUT2D eigenvalue weighted by Gasteiger charge is 2.49. The first-order valence-electron chi connectivity index (χ1n) is 4.52. The fourth-order valence-electron chi connectivity index (χ4n) is 1.46. The van der Waals surface area contributed by atoms with E-state index in [0.29, 0.717) is 19.3 Å². The van der Waals surface area contributed by atoms with Gasteiger partial charge in [0.1, 0.15) is 0 Å². The molecule has 0 unspecified atom stereocenters. The summed E-state index contributed by atoms with van der Waals surface area (Å²) in [4.78, 5) is 20.9. The summed E-state index contributed by atoms with van der Waals surface area (Å²) in [6, 6.07) is 0. The van der Waals surface area contributed by atoms with Crippen molar-refractivity contribution in [1.82, 2.24) is 0 Å². The SMILES string of the molecule is O=C(O)CCCCC1(C(=O)O)CC1. The lowest BCUT2D eigenvalue weighted by atomic mass is 9.99. The van der Waals surface area contributed by atoms with E-state index in [0.717, 1.165) is 12.8 Å². The quantitative estimate of drug-likeness (QED) is 0.616. The first-order valence-corrected chi connectivity index (χ1v) is 4.52. The van der Waals surface area contributed by atoms with Crippen LogP contribution in [0.5, 0.6) is 0 Å². The van der Waals surface area contributed by atoms with Gasteiger partial charge in [-0.3, -0.25) is 9.59 Å². The summed E-state index contributed by atoms with van der Waals surface area (Å²) in [6.07, 6.45) is 3.60. The van der Waals surface area contributed by atoms with E-state index >= 15 is 0 Å². The Bertz CT molecular complexity index is 218. The minimum Gasteiger partial charge on any atom is -0.481 e. The van der Waals surface area contributed by atoms with Crippen molar-refractivity contribution in [1.29, 1.82) is 0 Å². The molecular weight excluding hydrogens is 172 g/mol. The molecule has 4 heteroatoms. The number of hydrogen-bond acceptors (Lipinski definition) is 2. The lowest BCUT2D eigenvalue weighted by molar-refractivity contribution is -0.143. The summed E-state index contributed by atoms with van der Waals surface area (Å²) >= 11 is 0. The number of carbonyl (C=O) groups is 2. The van der Waals surface area contributed by atoms with Crippen LogP contribution in [0.2, 0.25) is 0 Å². The largest absolute Gasteiger partial charge is 0.481 e. The number of carboxylic acid groups (broad SMARTS) is 2. The normalized spacial score (nSPS) is 18.2. The van der Waals surface area contributed by atoms with E-state index in [4.69, 9.17) is 10.2 Å². The van der Waals surface area contributed by atoms with Crippen molar-refractivity contribution in [2.75, 3.05) is 0 Å². The second kappa shape index (κ2) is 3.77. The van der Waals surface area contributed by atoms with E-state index in [1.807, 2.05) is 0 Å². The molecule has 1 saturated carbocycles. The minimum atomic E-state index is -0.805. The molecule has 0 aromatic heterocycles. The predicted octanol–water partition coefficient (Wildman–Crippen LogP) is 1.50. The number of aliphatic carboxylic acids is 2. The molecule has 1 fully saturated rings. The zero-order valence-corrected chi connectivity index (χ0v) is 7.45. The van der Waals surface area contributed by atoms with E-state index in [-0.39, 0.29) is 6.42 Å². The molecule has 0 saturated heterocycles. The second-order valence-electron chi connectivity index (χ2n) is 3.69. The molecule has 0 aromatic carbocycles. The first-order chi connectivity index (χ1) is 6.07. The van der Waals surface area contributed by atoms with Crippen molar-refractivity contribution in [3.63, 3.8) is 0 Å². The molecule has 1 aliphatic carbocycles. The van der Waals surface area contributed by atoms with Gasteiger partial charge in [0, 0.05) is 6.42 Å². The van der Waals surface area contributed by atoms with Crippen molar-refractivity contribution in [2.24, 2.45) is 5.41 Å². The molecule has 74 valence electrons. The highest BCUT2D eigenvalue weighted by atomic mass is 16.4. The summed E-state index contributed by atoms with van der Waals surface area (Å²) in [5.41, 5.74) is -0.488. The summed E-state index contributed by atoms with van der Waals surface area (Å²) in [6.45, 7) is 0. The van der Waals surface area contributed by atoms with Gasteiger partial charge in [0.2, 0.25) is 0 Å². The summed E-state index contributed by atoms with van der Waals surface area (Å²) < 4.78 is 0. The molecule has 0 spiro atoms. The van der Waals surface area contributed by atoms with E-state index in [1.165, 1.54) is 0 Å². The van der Waals surface area contributed by atoms with Crippen LogP contribution in [0.4, 0.5) is 0 Å². The third kappa shape index (κ3) is 2.72. The van der Waals surface area contributed by atoms with Crippen LogP contribution in [-0.2, 0) is 9.59 Å². The molecule has 1 aliphatic rings. The Morgan fingerprint density at radius 3 is 2.15 bits per heavy atom. The molecule has 4 nitrogen and oxygen atoms in total. The molecule has 1 rings (SSSR count). The van der Waals surface area contributed by atoms with Crippen LogP contribution in [0.1, 0.15) is 38.5 Å². The summed E-state index contributed by atoms with van der Waals surface area (Å²) in [7, 11) is 0. The van der Waals surface area contributed by atoms with Crippen LogP contribution in [0, 0.1) is 5.41 Å². The molecule has 0 amide bonds. The predicted molar refractivity (Wildman–Crippen MR) is 45.4 cm³/mol. The van der Waals surface area contributed by atoms with Crippen molar-refractivity contribution in [2.45, 2.75) is 38.5 Å². The van der Waals surface area contributed by atoms with Gasteiger partial charge in [-0.2, -0.15) is 0 Å². The minimum absolute atomic E-state index is 0.149. The van der Waals surface area contributed by atoms with Crippen LogP contribution in [-0.4, -0.2) is 22.2 Å². The van der Waals surface area contributed by atoms with Gasteiger partial charge < -0.3 is 10.2 Å². The third-order valence-corrected chi connectivity index (χ3v) is 2.60. The second-order valence-corrected chi connectivity index (χ2v) is 3.69. The Labute approximate surface area is 76.6 Å². The molecule has 0 aliphatic heterocycles. The number of rotatable bonds is 6. The van der Waals surface area contributed by atoms with Crippen molar-refractivity contribution in [3.8, 4) is 0 Å². The third-order valence-electron chi connectivity index (χ3n) is 2.60. The van der Waals surface area contributed by atoms with Gasteiger partial charge in [-0.1, -0.05) is 6.42 Å². The van der Waals surface area contributed by atoms with Crippen molar-refractivity contribution < 1.29 is 19.8 Å². The molecular formula is C9H14O4. The zero-order chi connectivity index (χ0) is 9.90. The van der Waals surface area contributed by atoms with Gasteiger partial charge in [0.05, 0.1) is 5.41 Å². The molecule has 0 bridgehead atoms. The summed E-state index contributed by atoms with van der Waals surface area (Å²) in [5, 5.41) is 17.1. The lowest BCUT2D eigenvalue weighted by Gasteiger charge is -2.07. The van der Waals surface area contributed by atoms with Crippen LogP contribution in [0.25, 0.3) is 0 Å². The monoisotopic (exact) mass is 186 g/mol. The maximum Gasteiger partial charge on any atom is 0.309 e. The van der Waals surface area contributed by atoms with E-state index in [2.05, 4.69) is 0 Å². The van der Waals surface area contributed by atoms with Crippen molar-refractivity contribution >= 4 is 11.9 Å². The van der Waals surface area contributed by atoms with E-state index in [9.17, 15) is 9.59 Å². The molecule has 0 atom stereocenters. The highest BCUT2D eigenvalue weighted by Crippen LogP contribution is 2.50. The Hall–Kier alpha value is -1.06. The Balaban J connectivity index is 2.13. The van der Waals surface area contributed by atoms with Gasteiger partial charge in [-0.25, -0.2) is 0 Å². The standard InChI is InChI=1S/C9H14O4/c10-7(11)3-1-2-4-9(5-6-9)8(12)13/h1-6H2,(H,10,11)(H,12,13). The molecule has 2 N–H and O–H groups in total. The van der Waals surface area contributed by atoms with Crippen molar-refractivity contribution in [3.05, 3.63) is 0 Å². The van der Waals surface area contributed by atoms with Crippen LogP contribution in [0.15, 0.2) is 0 Å². The Kier molecular flexibility index (Phi) is 2.90. The fourth-order valence-corrected chi connectivity index (χ4v) is 1.46. The molecule has 13 heavy (non-hydrogen) atoms. The van der Waals surface area contributed by atoms with Crippen LogP contribution < -0.4 is 0 Å². The van der Waals surface area contributed by atoms with E-state index < -0.39 is 17.4 Å². The first kappa shape index (κ1) is 10.0. The maximum absolute atomic E-state index is 10.7. The average Bonchev–Trinajstić information content (AvgIpc) is 2.78. The Morgan fingerprint density at radius 2 is 1.77 bits per heavy atom. The molecule has 0 radical (unpaired) electrons. The lowest BCUT2D eigenvalue weighted by Crippen LogP contribution is -2.14. The summed E-state index contributed by atoms with van der Waals surface area (Å²) in [5.74, 6) is -1.53. The highest BCUT2D eigenvalue weighted by molar-refractivity contribution is 5.77. The zero-order valence-electron chi connectivity index (χ0n) is 7.45. The maximum atomic E-state index is 10.7. The van der Waals surface area contributed by atoms with Gasteiger partial charge in [-0.15, -0.1) is 0 Å². The van der Waals surface area contributed by atoms with Gasteiger partial charge in [-0.05, 0) is 25.7 Å². The molecule has 0 heterocycles. The Morgan fingerprint density at radius 1 is 1.15 bits per heavy atom. The average molecular weight is 186 g/mol. The van der Waals surface area contributed by atoms with Crippen LogP contribution >= 0.6 is 0 Å². The van der Waals surface area contributed by atoms with E-state index in [1.54, 1.807) is 0 Å².